The van der Waals surface area contributed by atoms with E-state index in [1.807, 2.05) is 30.3 Å². The lowest BCUT2D eigenvalue weighted by Crippen LogP contribution is -2.41. The molecule has 1 N–H and O–H groups in total. The normalized spacial score (nSPS) is 13.3. The molecule has 1 saturated carbocycles. The molecule has 0 unspecified atom stereocenters. The standard InChI is InChI=1S/C36H35FN2O5/c1-43-36(42)33(38-32-16-6-5-15-31(32)34(40)26-9-3-2-4-10-26)23-25-17-19-30(20-18-25)44-22-21-39(35(41)27-11-7-12-27)29-14-8-13-28(37)24-29/h2-6,8-10,13-20,24,27,33,38H,7,11-12,21-23H2,1H3/t33-/m0/s1. The third kappa shape index (κ3) is 7.50. The van der Waals surface area contributed by atoms with Crippen molar-refractivity contribution in [1.29, 1.82) is 0 Å². The molecule has 8 heteroatoms. The summed E-state index contributed by atoms with van der Waals surface area (Å²) in [5, 5.41) is 3.22. The van der Waals surface area contributed by atoms with E-state index in [1.54, 1.807) is 65.6 Å². The van der Waals surface area contributed by atoms with E-state index in [-0.39, 0.29) is 30.8 Å². The van der Waals surface area contributed by atoms with Crippen molar-refractivity contribution in [1.82, 2.24) is 0 Å². The summed E-state index contributed by atoms with van der Waals surface area (Å²) < 4.78 is 24.9. The number of carbonyl (C=O) groups excluding carboxylic acids is 3. The second kappa shape index (κ2) is 14.5. The van der Waals surface area contributed by atoms with Gasteiger partial charge in [-0.15, -0.1) is 0 Å². The number of ketones is 1. The Morgan fingerprint density at radius 3 is 2.32 bits per heavy atom. The van der Waals surface area contributed by atoms with Crippen LogP contribution < -0.4 is 15.0 Å². The van der Waals surface area contributed by atoms with Gasteiger partial charge >= 0.3 is 5.97 Å². The van der Waals surface area contributed by atoms with Crippen molar-refractivity contribution in [2.45, 2.75) is 31.7 Å². The zero-order valence-corrected chi connectivity index (χ0v) is 24.6. The van der Waals surface area contributed by atoms with Crippen molar-refractivity contribution in [2.75, 3.05) is 30.5 Å². The van der Waals surface area contributed by atoms with E-state index in [4.69, 9.17) is 9.47 Å². The maximum Gasteiger partial charge on any atom is 0.328 e. The van der Waals surface area contributed by atoms with Gasteiger partial charge in [0.15, 0.2) is 5.78 Å². The highest BCUT2D eigenvalue weighted by molar-refractivity contribution is 6.12. The highest BCUT2D eigenvalue weighted by atomic mass is 19.1. The first kappa shape index (κ1) is 30.5. The van der Waals surface area contributed by atoms with Gasteiger partial charge in [0.25, 0.3) is 0 Å². The number of hydrogen-bond acceptors (Lipinski definition) is 6. The number of nitrogens with zero attached hydrogens (tertiary/aromatic N) is 1. The minimum atomic E-state index is -0.742. The van der Waals surface area contributed by atoms with Gasteiger partial charge in [0.05, 0.1) is 13.7 Å². The minimum absolute atomic E-state index is 0.00538. The molecule has 0 radical (unpaired) electrons. The summed E-state index contributed by atoms with van der Waals surface area (Å²) in [6, 6.07) is 28.7. The third-order valence-electron chi connectivity index (χ3n) is 7.81. The van der Waals surface area contributed by atoms with Gasteiger partial charge in [0, 0.05) is 34.8 Å². The summed E-state index contributed by atoms with van der Waals surface area (Å²) in [5.74, 6) is -0.432. The van der Waals surface area contributed by atoms with E-state index in [0.29, 0.717) is 34.7 Å². The topological polar surface area (TPSA) is 84.9 Å². The highest BCUT2D eigenvalue weighted by Gasteiger charge is 2.30. The van der Waals surface area contributed by atoms with Crippen molar-refractivity contribution >= 4 is 29.0 Å². The average molecular weight is 595 g/mol. The number of esters is 1. The zero-order chi connectivity index (χ0) is 30.9. The third-order valence-corrected chi connectivity index (χ3v) is 7.81. The number of methoxy groups -OCH3 is 1. The van der Waals surface area contributed by atoms with Gasteiger partial charge in [0.2, 0.25) is 5.91 Å². The quantitative estimate of drug-likeness (QED) is 0.141. The summed E-state index contributed by atoms with van der Waals surface area (Å²) in [4.78, 5) is 40.6. The van der Waals surface area contributed by atoms with Crippen LogP contribution in [0.15, 0.2) is 103 Å². The Hall–Kier alpha value is -4.98. The Bertz CT molecular complexity index is 1590. The van der Waals surface area contributed by atoms with Crippen LogP contribution in [0.1, 0.15) is 40.7 Å². The number of amides is 1. The van der Waals surface area contributed by atoms with Gasteiger partial charge in [-0.05, 0) is 60.9 Å². The number of anilines is 2. The predicted molar refractivity (Wildman–Crippen MR) is 167 cm³/mol. The Morgan fingerprint density at radius 2 is 1.64 bits per heavy atom. The molecule has 0 aliphatic heterocycles. The van der Waals surface area contributed by atoms with Crippen LogP contribution in [0.5, 0.6) is 5.75 Å². The van der Waals surface area contributed by atoms with Crippen molar-refractivity contribution in [2.24, 2.45) is 5.92 Å². The Balaban J connectivity index is 1.23. The summed E-state index contributed by atoms with van der Waals surface area (Å²) >= 11 is 0. The number of halogens is 1. The van der Waals surface area contributed by atoms with Crippen molar-refractivity contribution < 1.29 is 28.2 Å². The lowest BCUT2D eigenvalue weighted by Gasteiger charge is -2.31. The number of carbonyl (C=O) groups is 3. The molecule has 5 rings (SSSR count). The molecule has 1 fully saturated rings. The van der Waals surface area contributed by atoms with Gasteiger partial charge in [-0.1, -0.05) is 67.1 Å². The lowest BCUT2D eigenvalue weighted by molar-refractivity contribution is -0.141. The summed E-state index contributed by atoms with van der Waals surface area (Å²) in [5.41, 5.74) is 2.93. The predicted octanol–water partition coefficient (Wildman–Crippen LogP) is 6.47. The Morgan fingerprint density at radius 1 is 0.909 bits per heavy atom. The second-order valence-electron chi connectivity index (χ2n) is 10.8. The molecule has 4 aromatic rings. The SMILES string of the molecule is COC(=O)[C@H](Cc1ccc(OCCN(C(=O)C2CCC2)c2cccc(F)c2)cc1)Nc1ccccc1C(=O)c1ccccc1. The van der Waals surface area contributed by atoms with Gasteiger partial charge in [0.1, 0.15) is 24.2 Å². The Kier molecular flexibility index (Phi) is 10.0. The van der Waals surface area contributed by atoms with Crippen LogP contribution in [-0.4, -0.2) is 44.0 Å². The van der Waals surface area contributed by atoms with Crippen LogP contribution in [0.3, 0.4) is 0 Å². The van der Waals surface area contributed by atoms with Gasteiger partial charge in [-0.3, -0.25) is 9.59 Å². The molecule has 44 heavy (non-hydrogen) atoms. The molecule has 1 aliphatic carbocycles. The lowest BCUT2D eigenvalue weighted by atomic mass is 9.84. The average Bonchev–Trinajstić information content (AvgIpc) is 3.02. The molecule has 1 aliphatic rings. The summed E-state index contributed by atoms with van der Waals surface area (Å²) in [7, 11) is 1.33. The first-order chi connectivity index (χ1) is 21.4. The number of hydrogen-bond donors (Lipinski definition) is 1. The van der Waals surface area contributed by atoms with Crippen molar-refractivity contribution in [3.63, 3.8) is 0 Å². The fourth-order valence-electron chi connectivity index (χ4n) is 5.17. The first-order valence-corrected chi connectivity index (χ1v) is 14.7. The number of rotatable bonds is 13. The van der Waals surface area contributed by atoms with E-state index in [2.05, 4.69) is 5.32 Å². The van der Waals surface area contributed by atoms with Crippen molar-refractivity contribution in [3.8, 4) is 5.75 Å². The molecule has 0 aromatic heterocycles. The van der Waals surface area contributed by atoms with Crippen LogP contribution >= 0.6 is 0 Å². The van der Waals surface area contributed by atoms with E-state index < -0.39 is 17.8 Å². The van der Waals surface area contributed by atoms with Crippen LogP contribution in [0.4, 0.5) is 15.8 Å². The molecular weight excluding hydrogens is 559 g/mol. The van der Waals surface area contributed by atoms with Gasteiger partial charge in [-0.2, -0.15) is 0 Å². The zero-order valence-electron chi connectivity index (χ0n) is 24.6. The molecule has 7 nitrogen and oxygen atoms in total. The molecule has 0 bridgehead atoms. The van der Waals surface area contributed by atoms with Gasteiger partial charge in [-0.25, -0.2) is 9.18 Å². The van der Waals surface area contributed by atoms with Crippen LogP contribution in [0, 0.1) is 11.7 Å². The molecule has 0 saturated heterocycles. The summed E-state index contributed by atoms with van der Waals surface area (Å²) in [6.45, 7) is 0.517. The van der Waals surface area contributed by atoms with E-state index in [1.165, 1.54) is 19.2 Å². The van der Waals surface area contributed by atoms with E-state index in [9.17, 15) is 18.8 Å². The fraction of sp³-hybridized carbons (Fsp3) is 0.250. The monoisotopic (exact) mass is 594 g/mol. The number of benzene rings is 4. The minimum Gasteiger partial charge on any atom is -0.492 e. The molecule has 0 spiro atoms. The molecule has 1 atom stereocenters. The van der Waals surface area contributed by atoms with E-state index >= 15 is 0 Å². The molecule has 4 aromatic carbocycles. The van der Waals surface area contributed by atoms with Crippen LogP contribution in [0.25, 0.3) is 0 Å². The molecule has 226 valence electrons. The number of nitrogens with one attached hydrogen (secondary N) is 1. The molecular formula is C36H35FN2O5. The summed E-state index contributed by atoms with van der Waals surface area (Å²) in [6.07, 6.45) is 3.04. The Labute approximate surface area is 256 Å². The van der Waals surface area contributed by atoms with Crippen LogP contribution in [0.2, 0.25) is 0 Å². The second-order valence-corrected chi connectivity index (χ2v) is 10.8. The largest absolute Gasteiger partial charge is 0.492 e. The fourth-order valence-corrected chi connectivity index (χ4v) is 5.17. The van der Waals surface area contributed by atoms with E-state index in [0.717, 1.165) is 24.8 Å². The van der Waals surface area contributed by atoms with Crippen molar-refractivity contribution in [3.05, 3.63) is 126 Å². The highest BCUT2D eigenvalue weighted by Crippen LogP contribution is 2.30. The smallest absolute Gasteiger partial charge is 0.328 e. The maximum atomic E-state index is 13.9. The van der Waals surface area contributed by atoms with Gasteiger partial charge < -0.3 is 19.7 Å². The maximum absolute atomic E-state index is 13.9. The first-order valence-electron chi connectivity index (χ1n) is 14.7. The molecule has 0 heterocycles. The molecule has 1 amide bonds. The number of ether oxygens (including phenoxy) is 2. The number of para-hydroxylation sites is 1. The van der Waals surface area contributed by atoms with Crippen LogP contribution in [-0.2, 0) is 20.7 Å².